The minimum absolute atomic E-state index is 0.215. The highest BCUT2D eigenvalue weighted by Gasteiger charge is 2.36. The van der Waals surface area contributed by atoms with Crippen molar-refractivity contribution in [3.05, 3.63) is 82.3 Å². The predicted octanol–water partition coefficient (Wildman–Crippen LogP) is 3.22. The summed E-state index contributed by atoms with van der Waals surface area (Å²) in [6.45, 7) is 4.09. The molecule has 2 heterocycles. The van der Waals surface area contributed by atoms with E-state index in [1.807, 2.05) is 56.3 Å². The second-order valence-electron chi connectivity index (χ2n) is 6.42. The number of nitrogens with zero attached hydrogens (tertiary/aromatic N) is 1. The van der Waals surface area contributed by atoms with Crippen LogP contribution in [0.15, 0.2) is 65.5 Å². The van der Waals surface area contributed by atoms with Crippen LogP contribution < -0.4 is 10.7 Å². The number of aromatic nitrogens is 1. The molecule has 4 rings (SSSR count). The number of benzene rings is 2. The highest BCUT2D eigenvalue weighted by Crippen LogP contribution is 2.43. The molecule has 1 aliphatic rings. The summed E-state index contributed by atoms with van der Waals surface area (Å²) < 4.78 is 1.69. The Balaban J connectivity index is 2.11. The molecular formula is C20H16NO2-. The zero-order chi connectivity index (χ0) is 16.2. The van der Waals surface area contributed by atoms with Gasteiger partial charge in [-0.1, -0.05) is 68.1 Å². The van der Waals surface area contributed by atoms with E-state index in [1.54, 1.807) is 22.8 Å². The largest absolute Gasteiger partial charge is 0.872 e. The lowest BCUT2D eigenvalue weighted by atomic mass is 9.83. The van der Waals surface area contributed by atoms with Gasteiger partial charge >= 0.3 is 0 Å². The first kappa shape index (κ1) is 13.8. The number of fused-ring (bicyclic) bond motifs is 3. The van der Waals surface area contributed by atoms with E-state index in [1.165, 1.54) is 0 Å². The van der Waals surface area contributed by atoms with E-state index < -0.39 is 0 Å². The summed E-state index contributed by atoms with van der Waals surface area (Å²) in [4.78, 5) is 13.1. The first-order chi connectivity index (χ1) is 11.0. The highest BCUT2D eigenvalue weighted by atomic mass is 16.3. The van der Waals surface area contributed by atoms with Gasteiger partial charge in [0.15, 0.2) is 0 Å². The van der Waals surface area contributed by atoms with Gasteiger partial charge in [-0.3, -0.25) is 9.36 Å². The highest BCUT2D eigenvalue weighted by molar-refractivity contribution is 5.71. The molecular weight excluding hydrogens is 286 g/mol. The zero-order valence-corrected chi connectivity index (χ0v) is 13.0. The van der Waals surface area contributed by atoms with Crippen LogP contribution >= 0.6 is 0 Å². The Morgan fingerprint density at radius 3 is 2.35 bits per heavy atom. The van der Waals surface area contributed by atoms with Crippen molar-refractivity contribution in [1.29, 1.82) is 0 Å². The van der Waals surface area contributed by atoms with Crippen LogP contribution in [-0.4, -0.2) is 4.57 Å². The lowest BCUT2D eigenvalue weighted by Gasteiger charge is -2.23. The molecule has 0 saturated carbocycles. The third-order valence-electron chi connectivity index (χ3n) is 4.69. The molecule has 1 aromatic heterocycles. The van der Waals surface area contributed by atoms with Gasteiger partial charge in [0.2, 0.25) is 0 Å². The Morgan fingerprint density at radius 1 is 0.957 bits per heavy atom. The minimum atomic E-state index is -0.357. The Labute approximate surface area is 134 Å². The van der Waals surface area contributed by atoms with Gasteiger partial charge in [0.05, 0.1) is 5.69 Å². The molecule has 0 spiro atoms. The summed E-state index contributed by atoms with van der Waals surface area (Å²) in [5, 5.41) is 12.6. The van der Waals surface area contributed by atoms with Crippen LogP contribution in [0, 0.1) is 0 Å². The maximum atomic E-state index is 13.1. The second kappa shape index (κ2) is 4.59. The molecule has 0 fully saturated rings. The third kappa shape index (κ3) is 1.80. The Hall–Kier alpha value is -2.81. The molecule has 0 aliphatic carbocycles. The maximum absolute atomic E-state index is 13.1. The van der Waals surface area contributed by atoms with Crippen molar-refractivity contribution in [1.82, 2.24) is 4.57 Å². The maximum Gasteiger partial charge on any atom is 0.262 e. The summed E-state index contributed by atoms with van der Waals surface area (Å²) >= 11 is 0. The minimum Gasteiger partial charge on any atom is -0.872 e. The fourth-order valence-electron chi connectivity index (χ4n) is 3.49. The van der Waals surface area contributed by atoms with Crippen LogP contribution in [0.5, 0.6) is 5.75 Å². The Morgan fingerprint density at radius 2 is 1.61 bits per heavy atom. The van der Waals surface area contributed by atoms with Crippen molar-refractivity contribution >= 4 is 0 Å². The number of rotatable bonds is 1. The summed E-state index contributed by atoms with van der Waals surface area (Å²) in [6.07, 6.45) is 0. The monoisotopic (exact) mass is 302 g/mol. The van der Waals surface area contributed by atoms with Crippen LogP contribution in [0.1, 0.15) is 25.1 Å². The van der Waals surface area contributed by atoms with E-state index in [0.29, 0.717) is 5.56 Å². The van der Waals surface area contributed by atoms with E-state index in [0.717, 1.165) is 16.9 Å². The Kier molecular flexibility index (Phi) is 2.76. The van der Waals surface area contributed by atoms with E-state index in [-0.39, 0.29) is 22.3 Å². The summed E-state index contributed by atoms with van der Waals surface area (Å²) in [5.41, 5.74) is 3.01. The standard InChI is InChI=1S/C20H17NO2/c1-20(2)14-10-6-7-11-15(14)21-17(20)12-16(22)18(19(21)23)13-8-4-3-5-9-13/h3-12,22H,1-2H3/p-1. The molecule has 0 amide bonds. The van der Waals surface area contributed by atoms with Crippen molar-refractivity contribution < 1.29 is 5.11 Å². The van der Waals surface area contributed by atoms with Crippen molar-refractivity contribution in [3.8, 4) is 22.6 Å². The summed E-state index contributed by atoms with van der Waals surface area (Å²) in [7, 11) is 0. The number of hydrogen-bond acceptors (Lipinski definition) is 2. The van der Waals surface area contributed by atoms with Crippen LogP contribution in [0.25, 0.3) is 16.8 Å². The van der Waals surface area contributed by atoms with E-state index in [2.05, 4.69) is 0 Å². The van der Waals surface area contributed by atoms with Gasteiger partial charge in [-0.25, -0.2) is 0 Å². The lowest BCUT2D eigenvalue weighted by Crippen LogP contribution is -2.25. The second-order valence-corrected chi connectivity index (χ2v) is 6.42. The van der Waals surface area contributed by atoms with Crippen molar-refractivity contribution in [3.63, 3.8) is 0 Å². The molecule has 0 bridgehead atoms. The topological polar surface area (TPSA) is 45.1 Å². The first-order valence-corrected chi connectivity index (χ1v) is 7.64. The van der Waals surface area contributed by atoms with Gasteiger partial charge in [-0.15, -0.1) is 0 Å². The molecule has 0 unspecified atom stereocenters. The van der Waals surface area contributed by atoms with Gasteiger partial charge in [0, 0.05) is 16.7 Å². The number of para-hydroxylation sites is 1. The van der Waals surface area contributed by atoms with Crippen LogP contribution in [-0.2, 0) is 5.41 Å². The molecule has 23 heavy (non-hydrogen) atoms. The zero-order valence-electron chi connectivity index (χ0n) is 13.0. The van der Waals surface area contributed by atoms with E-state index in [9.17, 15) is 9.90 Å². The SMILES string of the molecule is CC1(C)c2ccccc2-n2c1cc([O-])c(-c1ccccc1)c2=O. The number of hydrogen-bond donors (Lipinski definition) is 0. The van der Waals surface area contributed by atoms with Crippen LogP contribution in [0.2, 0.25) is 0 Å². The predicted molar refractivity (Wildman–Crippen MR) is 89.0 cm³/mol. The summed E-state index contributed by atoms with van der Waals surface area (Å²) in [5.74, 6) is -0.215. The molecule has 3 aromatic rings. The summed E-state index contributed by atoms with van der Waals surface area (Å²) in [6, 6.07) is 18.6. The molecule has 0 radical (unpaired) electrons. The van der Waals surface area contributed by atoms with Crippen molar-refractivity contribution in [2.45, 2.75) is 19.3 Å². The molecule has 3 heteroatoms. The van der Waals surface area contributed by atoms with Gasteiger partial charge in [-0.05, 0) is 23.3 Å². The first-order valence-electron chi connectivity index (χ1n) is 7.64. The molecule has 1 aliphatic heterocycles. The molecule has 0 atom stereocenters. The fourth-order valence-corrected chi connectivity index (χ4v) is 3.49. The van der Waals surface area contributed by atoms with Crippen molar-refractivity contribution in [2.75, 3.05) is 0 Å². The Bertz CT molecular complexity index is 969. The normalized spacial score (nSPS) is 14.3. The molecule has 2 aromatic carbocycles. The van der Waals surface area contributed by atoms with Gasteiger partial charge in [-0.2, -0.15) is 0 Å². The van der Waals surface area contributed by atoms with Crippen molar-refractivity contribution in [2.24, 2.45) is 0 Å². The average Bonchev–Trinajstić information content (AvgIpc) is 2.77. The average molecular weight is 302 g/mol. The quantitative estimate of drug-likeness (QED) is 0.693. The lowest BCUT2D eigenvalue weighted by molar-refractivity contribution is -0.267. The molecule has 3 nitrogen and oxygen atoms in total. The van der Waals surface area contributed by atoms with Gasteiger partial charge in [0.1, 0.15) is 0 Å². The van der Waals surface area contributed by atoms with Crippen LogP contribution in [0.4, 0.5) is 0 Å². The fraction of sp³-hybridized carbons (Fsp3) is 0.150. The number of pyridine rings is 1. The van der Waals surface area contributed by atoms with E-state index >= 15 is 0 Å². The molecule has 0 saturated heterocycles. The van der Waals surface area contributed by atoms with Gasteiger partial charge < -0.3 is 5.11 Å². The van der Waals surface area contributed by atoms with Gasteiger partial charge in [0.25, 0.3) is 5.56 Å². The smallest absolute Gasteiger partial charge is 0.262 e. The van der Waals surface area contributed by atoms with E-state index in [4.69, 9.17) is 0 Å². The molecule has 114 valence electrons. The molecule has 0 N–H and O–H groups in total. The third-order valence-corrected chi connectivity index (χ3v) is 4.69. The van der Waals surface area contributed by atoms with Crippen LogP contribution in [0.3, 0.4) is 0 Å².